The fourth-order valence-electron chi connectivity index (χ4n) is 2.27. The smallest absolute Gasteiger partial charge is 0.00452 e. The zero-order chi connectivity index (χ0) is 10.5. The molecule has 0 spiro atoms. The number of hydrogen-bond donors (Lipinski definition) is 1. The minimum atomic E-state index is 0.454. The van der Waals surface area contributed by atoms with Crippen molar-refractivity contribution in [2.24, 2.45) is 11.7 Å². The summed E-state index contributed by atoms with van der Waals surface area (Å²) in [7, 11) is 0. The molecular weight excluding hydrogens is 202 g/mol. The van der Waals surface area contributed by atoms with E-state index in [0.717, 1.165) is 5.92 Å². The lowest BCUT2D eigenvalue weighted by Gasteiger charge is -2.28. The van der Waals surface area contributed by atoms with Gasteiger partial charge in [-0.1, -0.05) is 25.3 Å². The second kappa shape index (κ2) is 5.66. The van der Waals surface area contributed by atoms with Crippen molar-refractivity contribution in [3.8, 4) is 0 Å². The van der Waals surface area contributed by atoms with Crippen molar-refractivity contribution >= 4 is 11.3 Å². The molecule has 1 heterocycles. The largest absolute Gasteiger partial charge is 0.328 e. The van der Waals surface area contributed by atoms with E-state index in [0.29, 0.717) is 6.04 Å². The molecule has 2 rings (SSSR count). The standard InChI is InChI=1S/C13H21NS/c14-12(10-11-4-1-5-11)6-2-7-13-8-3-9-15-13/h3,8-9,11-12H,1-2,4-7,10,14H2. The van der Waals surface area contributed by atoms with E-state index < -0.39 is 0 Å². The fraction of sp³-hybridized carbons (Fsp3) is 0.692. The van der Waals surface area contributed by atoms with Crippen molar-refractivity contribution in [3.05, 3.63) is 22.4 Å². The summed E-state index contributed by atoms with van der Waals surface area (Å²) < 4.78 is 0. The Labute approximate surface area is 96.7 Å². The lowest BCUT2D eigenvalue weighted by atomic mass is 9.80. The average Bonchev–Trinajstić information content (AvgIpc) is 2.64. The van der Waals surface area contributed by atoms with Crippen LogP contribution in [0.15, 0.2) is 17.5 Å². The van der Waals surface area contributed by atoms with Crippen LogP contribution < -0.4 is 5.73 Å². The molecule has 0 aromatic carbocycles. The summed E-state index contributed by atoms with van der Waals surface area (Å²) >= 11 is 1.86. The van der Waals surface area contributed by atoms with Crippen LogP contribution in [0, 0.1) is 5.92 Å². The van der Waals surface area contributed by atoms with Crippen molar-refractivity contribution in [1.82, 2.24) is 0 Å². The van der Waals surface area contributed by atoms with Gasteiger partial charge >= 0.3 is 0 Å². The van der Waals surface area contributed by atoms with Crippen LogP contribution in [0.5, 0.6) is 0 Å². The second-order valence-corrected chi connectivity index (χ2v) is 5.80. The molecule has 1 nitrogen and oxygen atoms in total. The predicted octanol–water partition coefficient (Wildman–Crippen LogP) is 3.59. The molecule has 1 fully saturated rings. The van der Waals surface area contributed by atoms with E-state index in [1.54, 1.807) is 0 Å². The van der Waals surface area contributed by atoms with Gasteiger partial charge in [0.25, 0.3) is 0 Å². The third kappa shape index (κ3) is 3.62. The Morgan fingerprint density at radius 3 is 2.93 bits per heavy atom. The van der Waals surface area contributed by atoms with Gasteiger partial charge in [-0.15, -0.1) is 11.3 Å². The van der Waals surface area contributed by atoms with E-state index in [-0.39, 0.29) is 0 Å². The molecule has 1 unspecified atom stereocenters. The van der Waals surface area contributed by atoms with Gasteiger partial charge < -0.3 is 5.73 Å². The first-order valence-electron chi connectivity index (χ1n) is 6.12. The van der Waals surface area contributed by atoms with Crippen LogP contribution in [0.25, 0.3) is 0 Å². The molecule has 0 radical (unpaired) electrons. The first-order valence-corrected chi connectivity index (χ1v) is 7.00. The third-order valence-electron chi connectivity index (χ3n) is 3.44. The number of thiophene rings is 1. The van der Waals surface area contributed by atoms with Crippen molar-refractivity contribution in [3.63, 3.8) is 0 Å². The summed E-state index contributed by atoms with van der Waals surface area (Å²) in [6, 6.07) is 4.81. The lowest BCUT2D eigenvalue weighted by Crippen LogP contribution is -2.26. The summed E-state index contributed by atoms with van der Waals surface area (Å²) in [4.78, 5) is 1.51. The maximum atomic E-state index is 6.13. The molecule has 84 valence electrons. The minimum Gasteiger partial charge on any atom is -0.328 e. The predicted molar refractivity (Wildman–Crippen MR) is 67.2 cm³/mol. The number of hydrogen-bond acceptors (Lipinski definition) is 2. The van der Waals surface area contributed by atoms with Gasteiger partial charge in [0.2, 0.25) is 0 Å². The molecule has 1 saturated carbocycles. The van der Waals surface area contributed by atoms with E-state index >= 15 is 0 Å². The first-order chi connectivity index (χ1) is 7.34. The van der Waals surface area contributed by atoms with E-state index in [2.05, 4.69) is 17.5 Å². The molecule has 1 aliphatic rings. The Kier molecular flexibility index (Phi) is 4.21. The summed E-state index contributed by atoms with van der Waals surface area (Å²) in [5.74, 6) is 0.960. The molecule has 0 bridgehead atoms. The third-order valence-corrected chi connectivity index (χ3v) is 4.38. The van der Waals surface area contributed by atoms with E-state index in [1.165, 1.54) is 49.8 Å². The normalized spacial score (nSPS) is 18.7. The quantitative estimate of drug-likeness (QED) is 0.783. The second-order valence-electron chi connectivity index (χ2n) is 4.76. The molecule has 2 heteroatoms. The monoisotopic (exact) mass is 223 g/mol. The molecule has 0 amide bonds. The summed E-state index contributed by atoms with van der Waals surface area (Å²) in [5, 5.41) is 2.16. The number of aryl methyl sites for hydroxylation is 1. The van der Waals surface area contributed by atoms with E-state index in [9.17, 15) is 0 Å². The van der Waals surface area contributed by atoms with Crippen molar-refractivity contribution in [2.75, 3.05) is 0 Å². The molecule has 1 aromatic rings. The lowest BCUT2D eigenvalue weighted by molar-refractivity contribution is 0.271. The van der Waals surface area contributed by atoms with Crippen LogP contribution in [0.3, 0.4) is 0 Å². The fourth-order valence-corrected chi connectivity index (χ4v) is 3.02. The van der Waals surface area contributed by atoms with Crippen LogP contribution in [0.4, 0.5) is 0 Å². The topological polar surface area (TPSA) is 26.0 Å². The van der Waals surface area contributed by atoms with Crippen LogP contribution in [0.2, 0.25) is 0 Å². The van der Waals surface area contributed by atoms with Crippen molar-refractivity contribution in [2.45, 2.75) is 51.0 Å². The number of rotatable bonds is 6. The van der Waals surface area contributed by atoms with Gasteiger partial charge in [0.05, 0.1) is 0 Å². The van der Waals surface area contributed by atoms with Gasteiger partial charge in [0.15, 0.2) is 0 Å². The maximum absolute atomic E-state index is 6.13. The Balaban J connectivity index is 1.56. The molecule has 0 aliphatic heterocycles. The van der Waals surface area contributed by atoms with Gasteiger partial charge in [-0.25, -0.2) is 0 Å². The SMILES string of the molecule is NC(CCCc1cccs1)CC1CCC1. The van der Waals surface area contributed by atoms with Crippen LogP contribution in [-0.4, -0.2) is 6.04 Å². The van der Waals surface area contributed by atoms with Crippen LogP contribution in [-0.2, 0) is 6.42 Å². The van der Waals surface area contributed by atoms with Gasteiger partial charge in [-0.2, -0.15) is 0 Å². The Hall–Kier alpha value is -0.340. The average molecular weight is 223 g/mol. The Morgan fingerprint density at radius 2 is 2.33 bits per heavy atom. The summed E-state index contributed by atoms with van der Waals surface area (Å²) in [6.45, 7) is 0. The molecule has 0 saturated heterocycles. The molecular formula is C13H21NS. The first kappa shape index (κ1) is 11.2. The van der Waals surface area contributed by atoms with Gasteiger partial charge in [0.1, 0.15) is 0 Å². The van der Waals surface area contributed by atoms with Gasteiger partial charge in [-0.05, 0) is 43.0 Å². The Bertz CT molecular complexity index is 264. The minimum absolute atomic E-state index is 0.454. The Morgan fingerprint density at radius 1 is 1.47 bits per heavy atom. The van der Waals surface area contributed by atoms with Gasteiger partial charge in [0, 0.05) is 10.9 Å². The zero-order valence-electron chi connectivity index (χ0n) is 9.32. The van der Waals surface area contributed by atoms with Crippen LogP contribution >= 0.6 is 11.3 Å². The van der Waals surface area contributed by atoms with Crippen LogP contribution in [0.1, 0.15) is 43.4 Å². The van der Waals surface area contributed by atoms with E-state index in [1.807, 2.05) is 11.3 Å². The van der Waals surface area contributed by atoms with Gasteiger partial charge in [-0.3, -0.25) is 0 Å². The highest BCUT2D eigenvalue weighted by molar-refractivity contribution is 7.09. The highest BCUT2D eigenvalue weighted by Gasteiger charge is 2.19. The summed E-state index contributed by atoms with van der Waals surface area (Å²) in [6.07, 6.45) is 9.24. The molecule has 1 atom stereocenters. The van der Waals surface area contributed by atoms with Crippen molar-refractivity contribution < 1.29 is 0 Å². The maximum Gasteiger partial charge on any atom is 0.00452 e. The highest BCUT2D eigenvalue weighted by Crippen LogP contribution is 2.30. The molecule has 1 aliphatic carbocycles. The number of nitrogens with two attached hydrogens (primary N) is 1. The molecule has 2 N–H and O–H groups in total. The zero-order valence-corrected chi connectivity index (χ0v) is 10.1. The van der Waals surface area contributed by atoms with Crippen molar-refractivity contribution in [1.29, 1.82) is 0 Å². The molecule has 1 aromatic heterocycles. The summed E-state index contributed by atoms with van der Waals surface area (Å²) in [5.41, 5.74) is 6.13. The highest BCUT2D eigenvalue weighted by atomic mass is 32.1. The van der Waals surface area contributed by atoms with E-state index in [4.69, 9.17) is 5.73 Å². The molecule has 15 heavy (non-hydrogen) atoms.